The molecule has 0 saturated heterocycles. The fourth-order valence-electron chi connectivity index (χ4n) is 2.13. The minimum atomic E-state index is -0.430. The van der Waals surface area contributed by atoms with Crippen molar-refractivity contribution >= 4 is 23.1 Å². The molecule has 0 amide bonds. The summed E-state index contributed by atoms with van der Waals surface area (Å²) in [7, 11) is 0. The van der Waals surface area contributed by atoms with Crippen LogP contribution in [-0.4, -0.2) is 9.38 Å². The van der Waals surface area contributed by atoms with Crippen LogP contribution in [0.3, 0.4) is 0 Å². The van der Waals surface area contributed by atoms with Crippen LogP contribution in [0.25, 0.3) is 16.9 Å². The van der Waals surface area contributed by atoms with E-state index in [4.69, 9.17) is 17.3 Å². The zero-order valence-electron chi connectivity index (χ0n) is 10.2. The molecular formula is C14H11ClFN3. The van der Waals surface area contributed by atoms with Gasteiger partial charge in [-0.2, -0.15) is 0 Å². The highest BCUT2D eigenvalue weighted by molar-refractivity contribution is 6.33. The van der Waals surface area contributed by atoms with Crippen molar-refractivity contribution in [3.05, 3.63) is 52.9 Å². The number of aryl methyl sites for hydroxylation is 1. The predicted molar refractivity (Wildman–Crippen MR) is 74.7 cm³/mol. The van der Waals surface area contributed by atoms with Gasteiger partial charge in [0.1, 0.15) is 23.0 Å². The first-order chi connectivity index (χ1) is 9.09. The first-order valence-corrected chi connectivity index (χ1v) is 6.15. The number of imidazole rings is 1. The van der Waals surface area contributed by atoms with Crippen LogP contribution < -0.4 is 5.73 Å². The molecule has 0 bridgehead atoms. The van der Waals surface area contributed by atoms with Crippen molar-refractivity contribution < 1.29 is 4.39 Å². The van der Waals surface area contributed by atoms with E-state index in [0.717, 1.165) is 5.56 Å². The van der Waals surface area contributed by atoms with E-state index in [1.165, 1.54) is 6.07 Å². The highest BCUT2D eigenvalue weighted by Crippen LogP contribution is 2.34. The Hall–Kier alpha value is -2.07. The summed E-state index contributed by atoms with van der Waals surface area (Å²) in [6.07, 6.45) is 1.79. The van der Waals surface area contributed by atoms with Crippen molar-refractivity contribution in [2.24, 2.45) is 0 Å². The molecule has 0 unspecified atom stereocenters. The maximum Gasteiger partial charge on any atom is 0.142 e. The zero-order chi connectivity index (χ0) is 13.6. The normalized spacial score (nSPS) is 11.1. The molecular weight excluding hydrogens is 265 g/mol. The Kier molecular flexibility index (Phi) is 2.68. The van der Waals surface area contributed by atoms with Gasteiger partial charge >= 0.3 is 0 Å². The lowest BCUT2D eigenvalue weighted by Crippen LogP contribution is -1.95. The van der Waals surface area contributed by atoms with Gasteiger partial charge < -0.3 is 5.73 Å². The average molecular weight is 276 g/mol. The third-order valence-corrected chi connectivity index (χ3v) is 3.40. The van der Waals surface area contributed by atoms with Crippen LogP contribution in [-0.2, 0) is 0 Å². The van der Waals surface area contributed by atoms with Gasteiger partial charge in [-0.1, -0.05) is 23.7 Å². The van der Waals surface area contributed by atoms with Gasteiger partial charge in [-0.25, -0.2) is 9.37 Å². The summed E-state index contributed by atoms with van der Waals surface area (Å²) in [5, 5.41) is 0.299. The first-order valence-electron chi connectivity index (χ1n) is 5.77. The lowest BCUT2D eigenvalue weighted by atomic mass is 10.1. The summed E-state index contributed by atoms with van der Waals surface area (Å²) in [4.78, 5) is 4.42. The summed E-state index contributed by atoms with van der Waals surface area (Å²) in [5.74, 6) is -0.0500. The monoisotopic (exact) mass is 275 g/mol. The maximum atomic E-state index is 14.0. The molecule has 3 aromatic rings. The highest BCUT2D eigenvalue weighted by Gasteiger charge is 2.18. The van der Waals surface area contributed by atoms with Gasteiger partial charge in [-0.05, 0) is 30.7 Å². The van der Waals surface area contributed by atoms with Gasteiger partial charge in [-0.3, -0.25) is 4.40 Å². The Balaban J connectivity index is 2.38. The first kappa shape index (κ1) is 12.0. The van der Waals surface area contributed by atoms with E-state index in [1.54, 1.807) is 22.7 Å². The minimum Gasteiger partial charge on any atom is -0.383 e. The number of pyridine rings is 1. The molecule has 2 N–H and O–H groups in total. The number of hydrogen-bond donors (Lipinski definition) is 1. The molecule has 0 aliphatic carbocycles. The van der Waals surface area contributed by atoms with E-state index in [2.05, 4.69) is 4.98 Å². The van der Waals surface area contributed by atoms with Crippen molar-refractivity contribution in [1.29, 1.82) is 0 Å². The largest absolute Gasteiger partial charge is 0.383 e. The van der Waals surface area contributed by atoms with Crippen LogP contribution in [0.5, 0.6) is 0 Å². The number of fused-ring (bicyclic) bond motifs is 1. The quantitative estimate of drug-likeness (QED) is 0.736. The van der Waals surface area contributed by atoms with Crippen LogP contribution in [0.4, 0.5) is 10.2 Å². The Labute approximate surface area is 114 Å². The lowest BCUT2D eigenvalue weighted by molar-refractivity contribution is 0.631. The van der Waals surface area contributed by atoms with Crippen LogP contribution >= 0.6 is 11.6 Å². The number of halogens is 2. The van der Waals surface area contributed by atoms with Crippen molar-refractivity contribution in [3.63, 3.8) is 0 Å². The van der Waals surface area contributed by atoms with E-state index in [-0.39, 0.29) is 5.56 Å². The van der Waals surface area contributed by atoms with E-state index in [9.17, 15) is 4.39 Å². The number of hydrogen-bond acceptors (Lipinski definition) is 2. The van der Waals surface area contributed by atoms with Gasteiger partial charge in [0.15, 0.2) is 0 Å². The Morgan fingerprint density at radius 2 is 2.05 bits per heavy atom. The predicted octanol–water partition coefficient (Wildman–Crippen LogP) is 3.68. The maximum absolute atomic E-state index is 14.0. The van der Waals surface area contributed by atoms with Crippen molar-refractivity contribution in [1.82, 2.24) is 9.38 Å². The Morgan fingerprint density at radius 1 is 1.26 bits per heavy atom. The number of rotatable bonds is 1. The van der Waals surface area contributed by atoms with Crippen molar-refractivity contribution in [2.75, 3.05) is 5.73 Å². The molecule has 0 fully saturated rings. The second-order valence-corrected chi connectivity index (χ2v) is 4.73. The van der Waals surface area contributed by atoms with Crippen LogP contribution in [0, 0.1) is 12.7 Å². The van der Waals surface area contributed by atoms with Gasteiger partial charge in [-0.15, -0.1) is 0 Å². The molecule has 2 aromatic heterocycles. The lowest BCUT2D eigenvalue weighted by Gasteiger charge is -2.03. The van der Waals surface area contributed by atoms with Crippen molar-refractivity contribution in [2.45, 2.75) is 6.92 Å². The second kappa shape index (κ2) is 4.24. The summed E-state index contributed by atoms with van der Waals surface area (Å²) in [6, 6.07) is 8.31. The zero-order valence-corrected chi connectivity index (χ0v) is 10.9. The van der Waals surface area contributed by atoms with Gasteiger partial charge in [0.05, 0.1) is 10.6 Å². The number of nitrogens with zero attached hydrogens (tertiary/aromatic N) is 2. The summed E-state index contributed by atoms with van der Waals surface area (Å²) in [5.41, 5.74) is 8.33. The fraction of sp³-hybridized carbons (Fsp3) is 0.0714. The summed E-state index contributed by atoms with van der Waals surface area (Å²) >= 11 is 6.06. The van der Waals surface area contributed by atoms with Crippen LogP contribution in [0.2, 0.25) is 5.02 Å². The van der Waals surface area contributed by atoms with Gasteiger partial charge in [0, 0.05) is 6.20 Å². The summed E-state index contributed by atoms with van der Waals surface area (Å²) in [6.45, 7) is 1.93. The molecule has 0 saturated carbocycles. The average Bonchev–Trinajstić information content (AvgIpc) is 2.69. The number of aromatic nitrogens is 2. The molecule has 1 aromatic carbocycles. The SMILES string of the molecule is Cc1cccn2c(N)c(-c3c(F)cccc3Cl)nc12. The molecule has 96 valence electrons. The molecule has 0 aliphatic heterocycles. The number of anilines is 1. The Morgan fingerprint density at radius 3 is 2.74 bits per heavy atom. The molecule has 5 heteroatoms. The Bertz CT molecular complexity index is 759. The molecule has 19 heavy (non-hydrogen) atoms. The molecule has 0 atom stereocenters. The second-order valence-electron chi connectivity index (χ2n) is 4.33. The number of benzene rings is 1. The molecule has 0 aliphatic rings. The number of nitrogen functional groups attached to an aromatic ring is 1. The molecule has 0 radical (unpaired) electrons. The molecule has 2 heterocycles. The summed E-state index contributed by atoms with van der Waals surface area (Å²) < 4.78 is 15.7. The van der Waals surface area contributed by atoms with E-state index >= 15 is 0 Å². The van der Waals surface area contributed by atoms with E-state index in [1.807, 2.05) is 19.1 Å². The van der Waals surface area contributed by atoms with Crippen LogP contribution in [0.15, 0.2) is 36.5 Å². The molecule has 3 nitrogen and oxygen atoms in total. The van der Waals surface area contributed by atoms with Crippen molar-refractivity contribution in [3.8, 4) is 11.3 Å². The molecule has 0 spiro atoms. The number of nitrogens with two attached hydrogens (primary N) is 1. The smallest absolute Gasteiger partial charge is 0.142 e. The third-order valence-electron chi connectivity index (χ3n) is 3.08. The standard InChI is InChI=1S/C14H11ClFN3/c1-8-4-3-7-19-13(17)12(18-14(8)19)11-9(15)5-2-6-10(11)16/h2-7H,17H2,1H3. The van der Waals surface area contributed by atoms with E-state index in [0.29, 0.717) is 22.2 Å². The van der Waals surface area contributed by atoms with Crippen LogP contribution in [0.1, 0.15) is 5.56 Å². The van der Waals surface area contributed by atoms with Gasteiger partial charge in [0.25, 0.3) is 0 Å². The molecule has 3 rings (SSSR count). The third kappa shape index (κ3) is 1.76. The highest BCUT2D eigenvalue weighted by atomic mass is 35.5. The fourth-order valence-corrected chi connectivity index (χ4v) is 2.38. The van der Waals surface area contributed by atoms with E-state index < -0.39 is 5.82 Å². The topological polar surface area (TPSA) is 43.3 Å². The minimum absolute atomic E-state index is 0.241. The van der Waals surface area contributed by atoms with Gasteiger partial charge in [0.2, 0.25) is 0 Å².